The number of rotatable bonds is 6. The summed E-state index contributed by atoms with van der Waals surface area (Å²) < 4.78 is 69.5. The number of carbonyl (C=O) groups is 4. The fourth-order valence-electron chi connectivity index (χ4n) is 7.45. The second-order valence-corrected chi connectivity index (χ2v) is 14.5. The fraction of sp³-hybridized carbons (Fsp3) is 0.385. The molecule has 16 nitrogen and oxygen atoms in total. The van der Waals surface area contributed by atoms with Gasteiger partial charge < -0.3 is 20.6 Å². The fourth-order valence-corrected chi connectivity index (χ4v) is 7.45. The molecule has 8 heterocycles. The predicted molar refractivity (Wildman–Crippen MR) is 212 cm³/mol. The third kappa shape index (κ3) is 10.4. The molecule has 324 valence electrons. The number of nitrogens with zero attached hydrogens (tertiary/aromatic N) is 8. The lowest BCUT2D eigenvalue weighted by Crippen LogP contribution is -2.48. The van der Waals surface area contributed by atoms with Crippen LogP contribution in [-0.4, -0.2) is 106 Å². The summed E-state index contributed by atoms with van der Waals surface area (Å²) in [5.41, 5.74) is 7.12. The maximum absolute atomic E-state index is 13.1. The van der Waals surface area contributed by atoms with Crippen LogP contribution in [0.25, 0.3) is 0 Å². The Kier molecular flexibility index (Phi) is 12.9. The van der Waals surface area contributed by atoms with Gasteiger partial charge in [0.25, 0.3) is 0 Å². The van der Waals surface area contributed by atoms with E-state index in [9.17, 15) is 50.6 Å². The molecule has 4 aromatic rings. The normalized spacial score (nSPS) is 17.3. The van der Waals surface area contributed by atoms with Gasteiger partial charge in [0.15, 0.2) is 23.1 Å². The zero-order valence-corrected chi connectivity index (χ0v) is 32.8. The number of aromatic nitrogens is 4. The van der Waals surface area contributed by atoms with Crippen LogP contribution >= 0.6 is 0 Å². The number of alkyl halides is 6. The van der Waals surface area contributed by atoms with Crippen LogP contribution in [0.4, 0.5) is 70.6 Å². The first-order valence-corrected chi connectivity index (χ1v) is 19.0. The molecule has 22 heteroatoms. The van der Waals surface area contributed by atoms with E-state index in [4.69, 9.17) is 0 Å². The number of halogens is 6. The Hall–Kier alpha value is -6.58. The van der Waals surface area contributed by atoms with Gasteiger partial charge in [-0.05, 0) is 74.2 Å². The summed E-state index contributed by atoms with van der Waals surface area (Å²) in [6, 6.07) is 12.5. The molecule has 8 rings (SSSR count). The number of nitrogens with two attached hydrogens (primary N) is 1. The summed E-state index contributed by atoms with van der Waals surface area (Å²) in [5.74, 6) is -0.286. The number of carbonyl (C=O) groups excluding carboxylic acids is 3. The molecule has 5 N–H and O–H groups in total. The smallest absolute Gasteiger partial charge is 0.400 e. The van der Waals surface area contributed by atoms with E-state index in [0.717, 1.165) is 49.4 Å². The van der Waals surface area contributed by atoms with Crippen molar-refractivity contribution in [3.05, 3.63) is 83.4 Å². The van der Waals surface area contributed by atoms with E-state index in [0.29, 0.717) is 35.4 Å². The lowest BCUT2D eigenvalue weighted by molar-refractivity contribution is -0.133. The molecule has 0 aliphatic carbocycles. The molecular formula is C39H41F6N11O5. The molecule has 0 spiro atoms. The van der Waals surface area contributed by atoms with Gasteiger partial charge in [-0.25, -0.2) is 34.3 Å². The van der Waals surface area contributed by atoms with E-state index >= 15 is 0 Å². The molecule has 4 aliphatic rings. The molecule has 4 aromatic heterocycles. The number of carboxylic acids is 1. The largest absolute Gasteiger partial charge is 0.477 e. The average Bonchev–Trinajstić information content (AvgIpc) is 3.81. The number of fused-ring (bicyclic) bond motifs is 8. The molecule has 0 saturated carbocycles. The van der Waals surface area contributed by atoms with Crippen molar-refractivity contribution < 1.29 is 50.6 Å². The monoisotopic (exact) mass is 857 g/mol. The quantitative estimate of drug-likeness (QED) is 0.120. The minimum Gasteiger partial charge on any atom is -0.477 e. The molecular weight excluding hydrogens is 816 g/mol. The molecule has 2 fully saturated rings. The third-order valence-corrected chi connectivity index (χ3v) is 10.1. The van der Waals surface area contributed by atoms with Gasteiger partial charge in [-0.1, -0.05) is 12.1 Å². The number of hydrogen-bond donors (Lipinski definition) is 4. The van der Waals surface area contributed by atoms with Crippen LogP contribution in [0.15, 0.2) is 60.9 Å². The molecule has 2 saturated heterocycles. The Morgan fingerprint density at radius 2 is 1.18 bits per heavy atom. The topological polar surface area (TPSA) is 203 Å². The number of nitrogens with one attached hydrogen (secondary N) is 2. The minimum atomic E-state index is -4.42. The number of urea groups is 2. The molecule has 4 aliphatic heterocycles. The molecule has 2 atom stereocenters. The first kappa shape index (κ1) is 44.0. The van der Waals surface area contributed by atoms with Crippen molar-refractivity contribution in [1.82, 2.24) is 19.9 Å². The second kappa shape index (κ2) is 18.0. The van der Waals surface area contributed by atoms with E-state index in [2.05, 4.69) is 46.1 Å². The van der Waals surface area contributed by atoms with Crippen LogP contribution in [0, 0.1) is 13.8 Å². The minimum absolute atomic E-state index is 0.0350. The first-order valence-electron chi connectivity index (χ1n) is 19.0. The SMILES string of the molecule is Cc1cc(C(=O)CCC(F)(F)F)nc2c1N1CC[C@@H](C1)N2C(=O)Nc1ccccn1.Cc1cc(C(=O)O)nc2c1N1CC[C@@H](C1)N2C(=O)Nc1ccccn1.NCC(F)(F)F. The van der Waals surface area contributed by atoms with Gasteiger partial charge in [0.05, 0.1) is 36.4 Å². The number of carboxylic acid groups (broad SMARTS) is 1. The summed E-state index contributed by atoms with van der Waals surface area (Å²) >= 11 is 0. The second-order valence-electron chi connectivity index (χ2n) is 14.5. The van der Waals surface area contributed by atoms with E-state index < -0.39 is 49.5 Å². The van der Waals surface area contributed by atoms with Crippen LogP contribution in [0.1, 0.15) is 57.8 Å². The summed E-state index contributed by atoms with van der Waals surface area (Å²) in [4.78, 5) is 73.8. The van der Waals surface area contributed by atoms with Crippen LogP contribution < -0.4 is 36.0 Å². The van der Waals surface area contributed by atoms with Crippen molar-refractivity contribution in [3.63, 3.8) is 0 Å². The molecule has 4 bridgehead atoms. The van der Waals surface area contributed by atoms with Gasteiger partial charge in [-0.3, -0.25) is 25.2 Å². The lowest BCUT2D eigenvalue weighted by atomic mass is 10.1. The number of amides is 4. The van der Waals surface area contributed by atoms with Crippen molar-refractivity contribution in [2.24, 2.45) is 5.73 Å². The van der Waals surface area contributed by atoms with E-state index in [1.807, 2.05) is 6.92 Å². The van der Waals surface area contributed by atoms with Crippen molar-refractivity contribution in [3.8, 4) is 0 Å². The lowest BCUT2D eigenvalue weighted by Gasteiger charge is -2.36. The average molecular weight is 858 g/mol. The van der Waals surface area contributed by atoms with Crippen LogP contribution in [0.2, 0.25) is 0 Å². The summed E-state index contributed by atoms with van der Waals surface area (Å²) in [7, 11) is 0. The molecule has 0 radical (unpaired) electrons. The van der Waals surface area contributed by atoms with Crippen molar-refractivity contribution in [1.29, 1.82) is 0 Å². The van der Waals surface area contributed by atoms with Gasteiger partial charge in [-0.15, -0.1) is 0 Å². The van der Waals surface area contributed by atoms with Gasteiger partial charge in [-0.2, -0.15) is 26.3 Å². The zero-order chi connectivity index (χ0) is 44.2. The molecule has 4 amide bonds. The highest BCUT2D eigenvalue weighted by Gasteiger charge is 2.43. The van der Waals surface area contributed by atoms with Gasteiger partial charge in [0.2, 0.25) is 0 Å². The number of pyridine rings is 4. The number of aromatic carboxylic acids is 1. The Morgan fingerprint density at radius 3 is 1.57 bits per heavy atom. The number of ketones is 1. The Morgan fingerprint density at radius 1 is 0.738 bits per heavy atom. The summed E-state index contributed by atoms with van der Waals surface area (Å²) in [5, 5.41) is 14.8. The highest BCUT2D eigenvalue weighted by molar-refractivity contribution is 6.06. The Bertz CT molecular complexity index is 2270. The standard InChI is InChI=1S/C20H20F3N5O2.C17H17N5O3.C2H4F3N/c1-12-10-14(15(29)5-7-20(21,22)23)25-18-17(12)27-9-6-13(11-27)28(18)19(30)26-16-4-2-3-8-24-16;1-10-8-12(16(23)24)19-15-14(10)21-7-5-11(9-21)22(15)17(25)20-13-4-2-3-6-18-13;3-2(4,5)1-6/h2-4,8,10,13H,5-7,9,11H2,1H3,(H,24,26,30);2-4,6,8,11H,5,7,9H2,1H3,(H,23,24)(H,18,20,25);1,6H2/t13-;11-;/m00./s1. The van der Waals surface area contributed by atoms with Gasteiger partial charge in [0, 0.05) is 45.0 Å². The summed E-state index contributed by atoms with van der Waals surface area (Å²) in [6.45, 7) is 5.29. The van der Waals surface area contributed by atoms with Crippen LogP contribution in [0.3, 0.4) is 0 Å². The molecule has 0 aromatic carbocycles. The van der Waals surface area contributed by atoms with E-state index in [1.165, 1.54) is 11.0 Å². The van der Waals surface area contributed by atoms with Crippen LogP contribution in [0.5, 0.6) is 0 Å². The van der Waals surface area contributed by atoms with E-state index in [1.54, 1.807) is 66.7 Å². The maximum atomic E-state index is 13.1. The maximum Gasteiger partial charge on any atom is 0.400 e. The number of aryl methyl sites for hydroxylation is 2. The highest BCUT2D eigenvalue weighted by atomic mass is 19.4. The third-order valence-electron chi connectivity index (χ3n) is 10.1. The highest BCUT2D eigenvalue weighted by Crippen LogP contribution is 2.43. The number of hydrogen-bond acceptors (Lipinski definition) is 11. The number of Topliss-reactive ketones (excluding diaryl/α,β-unsaturated/α-hetero) is 1. The zero-order valence-electron chi connectivity index (χ0n) is 32.8. The van der Waals surface area contributed by atoms with Gasteiger partial charge >= 0.3 is 30.4 Å². The molecule has 0 unspecified atom stereocenters. The van der Waals surface area contributed by atoms with E-state index in [-0.39, 0.29) is 29.5 Å². The number of anilines is 6. The van der Waals surface area contributed by atoms with Crippen molar-refractivity contribution in [2.45, 2.75) is 64.0 Å². The first-order chi connectivity index (χ1) is 28.8. The van der Waals surface area contributed by atoms with Crippen molar-refractivity contribution in [2.75, 3.05) is 63.0 Å². The van der Waals surface area contributed by atoms with Gasteiger partial charge in [0.1, 0.15) is 17.3 Å². The van der Waals surface area contributed by atoms with Crippen LogP contribution in [-0.2, 0) is 0 Å². The van der Waals surface area contributed by atoms with Crippen molar-refractivity contribution >= 4 is 58.5 Å². The predicted octanol–water partition coefficient (Wildman–Crippen LogP) is 6.56. The molecule has 61 heavy (non-hydrogen) atoms. The Labute approximate surface area is 344 Å². The summed E-state index contributed by atoms with van der Waals surface area (Å²) in [6.07, 6.45) is -5.79. The Balaban J connectivity index is 0.000000182.